The predicted octanol–water partition coefficient (Wildman–Crippen LogP) is 4.25. The molecule has 0 radical (unpaired) electrons. The lowest BCUT2D eigenvalue weighted by Gasteiger charge is -2.27. The summed E-state index contributed by atoms with van der Waals surface area (Å²) < 4.78 is 5.83. The summed E-state index contributed by atoms with van der Waals surface area (Å²) in [5.41, 5.74) is 1.25. The van der Waals surface area contributed by atoms with Crippen molar-refractivity contribution < 1.29 is 4.74 Å². The Morgan fingerprint density at radius 1 is 1.30 bits per heavy atom. The highest BCUT2D eigenvalue weighted by atomic mass is 32.1. The third-order valence-corrected chi connectivity index (χ3v) is 5.34. The summed E-state index contributed by atoms with van der Waals surface area (Å²) in [6.07, 6.45) is 6.84. The molecule has 0 bridgehead atoms. The van der Waals surface area contributed by atoms with Crippen molar-refractivity contribution >= 4 is 11.3 Å². The van der Waals surface area contributed by atoms with Gasteiger partial charge in [0.15, 0.2) is 0 Å². The molecule has 1 saturated carbocycles. The van der Waals surface area contributed by atoms with Crippen LogP contribution < -0.4 is 5.32 Å². The lowest BCUT2D eigenvalue weighted by atomic mass is 9.85. The lowest BCUT2D eigenvalue weighted by molar-refractivity contribution is 0.0351. The van der Waals surface area contributed by atoms with Crippen LogP contribution in [0.25, 0.3) is 0 Å². The zero-order chi connectivity index (χ0) is 14.5. The third-order valence-electron chi connectivity index (χ3n) is 4.20. The van der Waals surface area contributed by atoms with E-state index in [9.17, 15) is 0 Å². The Balaban J connectivity index is 2.22. The molecular weight excluding hydrogens is 268 g/mol. The molecule has 1 N–H and O–H groups in total. The number of ether oxygens (including phenoxy) is 1. The van der Waals surface area contributed by atoms with E-state index in [1.165, 1.54) is 47.7 Å². The van der Waals surface area contributed by atoms with Crippen LogP contribution in [0.1, 0.15) is 73.6 Å². The maximum Gasteiger partial charge on any atom is 0.122 e. The van der Waals surface area contributed by atoms with Crippen LogP contribution in [0, 0.1) is 5.92 Å². The van der Waals surface area contributed by atoms with E-state index >= 15 is 0 Å². The number of hydrogen-bond donors (Lipinski definition) is 1. The van der Waals surface area contributed by atoms with Gasteiger partial charge in [-0.2, -0.15) is 0 Å². The normalized spacial score (nSPS) is 18.6. The summed E-state index contributed by atoms with van der Waals surface area (Å²) in [5.74, 6) is 1.13. The van der Waals surface area contributed by atoms with Crippen molar-refractivity contribution in [3.63, 3.8) is 0 Å². The van der Waals surface area contributed by atoms with Crippen molar-refractivity contribution in [2.24, 2.45) is 5.92 Å². The van der Waals surface area contributed by atoms with Gasteiger partial charge in [0.2, 0.25) is 0 Å². The van der Waals surface area contributed by atoms with Gasteiger partial charge in [-0.05, 0) is 31.7 Å². The summed E-state index contributed by atoms with van der Waals surface area (Å²) >= 11 is 1.84. The third kappa shape index (κ3) is 3.60. The monoisotopic (exact) mass is 296 g/mol. The summed E-state index contributed by atoms with van der Waals surface area (Å²) in [7, 11) is 3.84. The van der Waals surface area contributed by atoms with Gasteiger partial charge >= 0.3 is 0 Å². The van der Waals surface area contributed by atoms with Crippen molar-refractivity contribution in [1.29, 1.82) is 0 Å². The van der Waals surface area contributed by atoms with Crippen LogP contribution >= 0.6 is 11.3 Å². The Labute approximate surface area is 127 Å². The second-order valence-electron chi connectivity index (χ2n) is 6.10. The summed E-state index contributed by atoms with van der Waals surface area (Å²) in [6, 6.07) is 0. The van der Waals surface area contributed by atoms with Crippen LogP contribution in [0.5, 0.6) is 0 Å². The van der Waals surface area contributed by atoms with Gasteiger partial charge in [-0.15, -0.1) is 11.3 Å². The fourth-order valence-corrected chi connectivity index (χ4v) is 4.58. The molecule has 1 unspecified atom stereocenters. The molecule has 1 atom stereocenters. The minimum absolute atomic E-state index is 0.198. The van der Waals surface area contributed by atoms with Gasteiger partial charge in [0, 0.05) is 18.5 Å². The molecule has 1 fully saturated rings. The van der Waals surface area contributed by atoms with Crippen molar-refractivity contribution in [2.45, 2.75) is 64.5 Å². The van der Waals surface area contributed by atoms with E-state index in [-0.39, 0.29) is 6.10 Å². The van der Waals surface area contributed by atoms with E-state index in [0.717, 1.165) is 6.54 Å². The minimum Gasteiger partial charge on any atom is -0.374 e. The van der Waals surface area contributed by atoms with Gasteiger partial charge in [0.05, 0.1) is 5.69 Å². The number of thiazole rings is 1. The molecular formula is C16H28N2OS. The number of nitrogens with zero attached hydrogens (tertiary/aromatic N) is 1. The summed E-state index contributed by atoms with van der Waals surface area (Å²) in [6.45, 7) is 5.35. The molecule has 0 spiro atoms. The number of hydrogen-bond acceptors (Lipinski definition) is 4. The van der Waals surface area contributed by atoms with Crippen LogP contribution in [-0.4, -0.2) is 19.1 Å². The van der Waals surface area contributed by atoms with Crippen molar-refractivity contribution in [2.75, 3.05) is 14.2 Å². The highest BCUT2D eigenvalue weighted by Crippen LogP contribution is 2.39. The minimum atomic E-state index is 0.198. The SMILES string of the molecule is CNCc1sc(C(OC)C2CCCCC2)nc1C(C)C. The Bertz CT molecular complexity index is 411. The zero-order valence-corrected chi connectivity index (χ0v) is 14.1. The maximum atomic E-state index is 5.83. The first-order chi connectivity index (χ1) is 9.67. The molecule has 1 aliphatic rings. The number of nitrogens with one attached hydrogen (secondary N) is 1. The van der Waals surface area contributed by atoms with E-state index < -0.39 is 0 Å². The molecule has 1 heterocycles. The molecule has 0 amide bonds. The molecule has 114 valence electrons. The summed E-state index contributed by atoms with van der Waals surface area (Å²) in [5, 5.41) is 4.45. The fourth-order valence-electron chi connectivity index (χ4n) is 3.17. The standard InChI is InChI=1S/C16H28N2OS/c1-11(2)14-13(10-17-3)20-16(18-14)15(19-4)12-8-6-5-7-9-12/h11-12,15,17H,5-10H2,1-4H3. The van der Waals surface area contributed by atoms with Gasteiger partial charge in [-0.25, -0.2) is 4.98 Å². The van der Waals surface area contributed by atoms with Gasteiger partial charge in [0.25, 0.3) is 0 Å². The second-order valence-corrected chi connectivity index (χ2v) is 7.22. The van der Waals surface area contributed by atoms with Crippen LogP contribution in [0.4, 0.5) is 0 Å². The lowest BCUT2D eigenvalue weighted by Crippen LogP contribution is -2.17. The molecule has 2 rings (SSSR count). The highest BCUT2D eigenvalue weighted by Gasteiger charge is 2.28. The molecule has 20 heavy (non-hydrogen) atoms. The van der Waals surface area contributed by atoms with Gasteiger partial charge < -0.3 is 10.1 Å². The molecule has 1 aromatic heterocycles. The number of methoxy groups -OCH3 is 1. The molecule has 4 heteroatoms. The topological polar surface area (TPSA) is 34.1 Å². The zero-order valence-electron chi connectivity index (χ0n) is 13.2. The number of rotatable bonds is 6. The average molecular weight is 296 g/mol. The van der Waals surface area contributed by atoms with Crippen molar-refractivity contribution in [3.8, 4) is 0 Å². The summed E-state index contributed by atoms with van der Waals surface area (Å²) in [4.78, 5) is 6.30. The molecule has 1 aliphatic carbocycles. The fraction of sp³-hybridized carbons (Fsp3) is 0.812. The first-order valence-electron chi connectivity index (χ1n) is 7.84. The molecule has 0 aliphatic heterocycles. The average Bonchev–Trinajstić information content (AvgIpc) is 2.85. The Hall–Kier alpha value is -0.450. The van der Waals surface area contributed by atoms with E-state index in [2.05, 4.69) is 19.2 Å². The van der Waals surface area contributed by atoms with Crippen LogP contribution in [0.3, 0.4) is 0 Å². The number of aromatic nitrogens is 1. The quantitative estimate of drug-likeness (QED) is 0.852. The molecule has 0 aromatic carbocycles. The Kier molecular flexibility index (Phi) is 6.00. The first-order valence-corrected chi connectivity index (χ1v) is 8.65. The van der Waals surface area contributed by atoms with Gasteiger partial charge in [-0.1, -0.05) is 33.1 Å². The Morgan fingerprint density at radius 3 is 2.55 bits per heavy atom. The van der Waals surface area contributed by atoms with Gasteiger partial charge in [-0.3, -0.25) is 0 Å². The van der Waals surface area contributed by atoms with Crippen LogP contribution in [-0.2, 0) is 11.3 Å². The first kappa shape index (κ1) is 15.9. The molecule has 0 saturated heterocycles. The van der Waals surface area contributed by atoms with E-state index in [0.29, 0.717) is 11.8 Å². The predicted molar refractivity (Wildman–Crippen MR) is 85.3 cm³/mol. The smallest absolute Gasteiger partial charge is 0.122 e. The molecule has 1 aromatic rings. The maximum absolute atomic E-state index is 5.83. The van der Waals surface area contributed by atoms with E-state index in [1.54, 1.807) is 0 Å². The van der Waals surface area contributed by atoms with Crippen molar-refractivity contribution in [1.82, 2.24) is 10.3 Å². The van der Waals surface area contributed by atoms with E-state index in [1.807, 2.05) is 25.5 Å². The highest BCUT2D eigenvalue weighted by molar-refractivity contribution is 7.11. The second kappa shape index (κ2) is 7.53. The molecule has 3 nitrogen and oxygen atoms in total. The largest absolute Gasteiger partial charge is 0.374 e. The Morgan fingerprint density at radius 2 is 2.00 bits per heavy atom. The van der Waals surface area contributed by atoms with E-state index in [4.69, 9.17) is 9.72 Å². The van der Waals surface area contributed by atoms with Gasteiger partial charge in [0.1, 0.15) is 11.1 Å². The van der Waals surface area contributed by atoms with Crippen LogP contribution in [0.2, 0.25) is 0 Å². The van der Waals surface area contributed by atoms with Crippen molar-refractivity contribution in [3.05, 3.63) is 15.6 Å². The van der Waals surface area contributed by atoms with Crippen LogP contribution in [0.15, 0.2) is 0 Å².